The Bertz CT molecular complexity index is 976. The van der Waals surface area contributed by atoms with Crippen molar-refractivity contribution in [2.75, 3.05) is 19.7 Å². The first-order chi connectivity index (χ1) is 14.7. The summed E-state index contributed by atoms with van der Waals surface area (Å²) in [4.78, 5) is 2.49. The first-order valence-electron chi connectivity index (χ1n) is 10.9. The smallest absolute Gasteiger partial charge is 0.114 e. The monoisotopic (exact) mass is 397 g/mol. The van der Waals surface area contributed by atoms with Crippen LogP contribution in [0.2, 0.25) is 0 Å². The molecule has 2 nitrogen and oxygen atoms in total. The van der Waals surface area contributed by atoms with Gasteiger partial charge in [-0.25, -0.2) is 0 Å². The van der Waals surface area contributed by atoms with Crippen molar-refractivity contribution in [3.8, 4) is 0 Å². The summed E-state index contributed by atoms with van der Waals surface area (Å²) in [7, 11) is 0. The third-order valence-corrected chi connectivity index (χ3v) is 5.80. The molecular formula is C28H31NO. The summed E-state index contributed by atoms with van der Waals surface area (Å²) in [5.41, 5.74) is 6.73. The summed E-state index contributed by atoms with van der Waals surface area (Å²) in [6, 6.07) is 30.3. The van der Waals surface area contributed by atoms with E-state index in [0.717, 1.165) is 38.4 Å². The number of ether oxygens (including phenoxy) is 1. The van der Waals surface area contributed by atoms with Crippen LogP contribution in [-0.4, -0.2) is 24.6 Å². The molecule has 1 fully saturated rings. The number of morpholine rings is 1. The summed E-state index contributed by atoms with van der Waals surface area (Å²) in [5, 5.41) is 0. The van der Waals surface area contributed by atoms with E-state index in [-0.39, 0.29) is 0 Å². The van der Waals surface area contributed by atoms with Gasteiger partial charge in [0.05, 0.1) is 6.54 Å². The van der Waals surface area contributed by atoms with Gasteiger partial charge >= 0.3 is 0 Å². The Balaban J connectivity index is 1.66. The van der Waals surface area contributed by atoms with E-state index in [1.807, 2.05) is 0 Å². The molecule has 3 aromatic carbocycles. The van der Waals surface area contributed by atoms with E-state index < -0.39 is 0 Å². The van der Waals surface area contributed by atoms with Crippen LogP contribution in [0.3, 0.4) is 0 Å². The Morgan fingerprint density at radius 1 is 0.867 bits per heavy atom. The van der Waals surface area contributed by atoms with Crippen LogP contribution < -0.4 is 0 Å². The molecule has 1 aliphatic heterocycles. The molecule has 0 radical (unpaired) electrons. The van der Waals surface area contributed by atoms with Gasteiger partial charge in [-0.05, 0) is 28.2 Å². The molecule has 1 saturated heterocycles. The Kier molecular flexibility index (Phi) is 6.66. The van der Waals surface area contributed by atoms with E-state index in [2.05, 4.69) is 104 Å². The maximum Gasteiger partial charge on any atom is 0.114 e. The highest BCUT2D eigenvalue weighted by atomic mass is 16.5. The van der Waals surface area contributed by atoms with Gasteiger partial charge in [0.2, 0.25) is 0 Å². The molecule has 0 N–H and O–H groups in total. The normalized spacial score (nSPS) is 16.4. The third kappa shape index (κ3) is 5.01. The number of hydrogen-bond acceptors (Lipinski definition) is 2. The lowest BCUT2D eigenvalue weighted by atomic mass is 9.90. The Hall–Kier alpha value is -2.84. The van der Waals surface area contributed by atoms with Crippen LogP contribution in [0.15, 0.2) is 90.7 Å². The summed E-state index contributed by atoms with van der Waals surface area (Å²) >= 11 is 0. The lowest BCUT2D eigenvalue weighted by Gasteiger charge is -2.31. The zero-order chi connectivity index (χ0) is 20.8. The van der Waals surface area contributed by atoms with Crippen molar-refractivity contribution in [2.45, 2.75) is 32.7 Å². The summed E-state index contributed by atoms with van der Waals surface area (Å²) in [6.07, 6.45) is 0.896. The minimum absolute atomic E-state index is 0.505. The lowest BCUT2D eigenvalue weighted by Crippen LogP contribution is -2.35. The minimum Gasteiger partial charge on any atom is -0.495 e. The first-order valence-corrected chi connectivity index (χ1v) is 10.9. The van der Waals surface area contributed by atoms with Gasteiger partial charge in [-0.2, -0.15) is 0 Å². The quantitative estimate of drug-likeness (QED) is 0.484. The minimum atomic E-state index is 0.505. The predicted molar refractivity (Wildman–Crippen MR) is 125 cm³/mol. The van der Waals surface area contributed by atoms with Crippen LogP contribution in [-0.2, 0) is 17.7 Å². The highest BCUT2D eigenvalue weighted by Gasteiger charge is 2.21. The molecule has 154 valence electrons. The average molecular weight is 398 g/mol. The van der Waals surface area contributed by atoms with Crippen molar-refractivity contribution < 1.29 is 4.74 Å². The summed E-state index contributed by atoms with van der Waals surface area (Å²) in [6.45, 7) is 8.05. The molecule has 1 aliphatic rings. The average Bonchev–Trinajstić information content (AvgIpc) is 2.79. The zero-order valence-corrected chi connectivity index (χ0v) is 18.1. The van der Waals surface area contributed by atoms with Crippen LogP contribution in [0.5, 0.6) is 0 Å². The van der Waals surface area contributed by atoms with Crippen molar-refractivity contribution in [1.29, 1.82) is 0 Å². The van der Waals surface area contributed by atoms with E-state index in [4.69, 9.17) is 4.74 Å². The van der Waals surface area contributed by atoms with Crippen LogP contribution in [0.1, 0.15) is 42.0 Å². The zero-order valence-electron chi connectivity index (χ0n) is 18.1. The van der Waals surface area contributed by atoms with E-state index in [1.165, 1.54) is 27.8 Å². The van der Waals surface area contributed by atoms with Gasteiger partial charge in [-0.1, -0.05) is 98.8 Å². The maximum absolute atomic E-state index is 6.27. The van der Waals surface area contributed by atoms with Gasteiger partial charge in [0, 0.05) is 25.1 Å². The molecule has 2 heteroatoms. The van der Waals surface area contributed by atoms with Gasteiger partial charge in [0.25, 0.3) is 0 Å². The van der Waals surface area contributed by atoms with Crippen molar-refractivity contribution in [2.24, 2.45) is 0 Å². The molecule has 0 spiro atoms. The van der Waals surface area contributed by atoms with E-state index in [9.17, 15) is 0 Å². The molecular weight excluding hydrogens is 366 g/mol. The SMILES string of the molecule is CC(C)c1ccccc1C/C(=C1\CN(Cc2ccccc2)CCO1)c1ccccc1. The topological polar surface area (TPSA) is 12.5 Å². The number of nitrogens with zero attached hydrogens (tertiary/aromatic N) is 1. The maximum atomic E-state index is 6.27. The molecule has 4 rings (SSSR count). The molecule has 0 atom stereocenters. The van der Waals surface area contributed by atoms with Crippen LogP contribution in [0, 0.1) is 0 Å². The fourth-order valence-corrected chi connectivity index (χ4v) is 4.23. The fourth-order valence-electron chi connectivity index (χ4n) is 4.23. The van der Waals surface area contributed by atoms with Crippen molar-refractivity contribution in [1.82, 2.24) is 4.90 Å². The molecule has 0 aliphatic carbocycles. The van der Waals surface area contributed by atoms with Gasteiger partial charge in [0.1, 0.15) is 12.4 Å². The van der Waals surface area contributed by atoms with Crippen molar-refractivity contribution >= 4 is 5.57 Å². The fraction of sp³-hybridized carbons (Fsp3) is 0.286. The number of benzene rings is 3. The molecule has 0 unspecified atom stereocenters. The van der Waals surface area contributed by atoms with Gasteiger partial charge in [-0.15, -0.1) is 0 Å². The molecule has 30 heavy (non-hydrogen) atoms. The number of hydrogen-bond donors (Lipinski definition) is 0. The second kappa shape index (κ2) is 9.77. The number of allylic oxidation sites excluding steroid dienone is 1. The van der Waals surface area contributed by atoms with Gasteiger partial charge in [0.15, 0.2) is 0 Å². The standard InChI is InChI=1S/C28H31NO/c1-22(2)26-16-10-9-15-25(26)19-27(24-13-7-4-8-14-24)28-21-29(17-18-30-28)20-23-11-5-3-6-12-23/h3-16,22H,17-21H2,1-2H3/b28-27-. The highest BCUT2D eigenvalue weighted by Crippen LogP contribution is 2.30. The van der Waals surface area contributed by atoms with Crippen molar-refractivity contribution in [3.05, 3.63) is 113 Å². The lowest BCUT2D eigenvalue weighted by molar-refractivity contribution is 0.0906. The van der Waals surface area contributed by atoms with E-state index in [1.54, 1.807) is 0 Å². The molecule has 1 heterocycles. The molecule has 0 saturated carbocycles. The Morgan fingerprint density at radius 3 is 2.27 bits per heavy atom. The molecule has 0 amide bonds. The second-order valence-electron chi connectivity index (χ2n) is 8.34. The first kappa shape index (κ1) is 20.4. The molecule has 0 bridgehead atoms. The Morgan fingerprint density at radius 2 is 1.53 bits per heavy atom. The molecule has 3 aromatic rings. The summed E-state index contributed by atoms with van der Waals surface area (Å²) in [5.74, 6) is 1.62. The Labute approximate surface area is 180 Å². The highest BCUT2D eigenvalue weighted by molar-refractivity contribution is 5.70. The van der Waals surface area contributed by atoms with Gasteiger partial charge in [-0.3, -0.25) is 4.90 Å². The summed E-state index contributed by atoms with van der Waals surface area (Å²) < 4.78 is 6.27. The van der Waals surface area contributed by atoms with Crippen LogP contribution >= 0.6 is 0 Å². The third-order valence-electron chi connectivity index (χ3n) is 5.80. The van der Waals surface area contributed by atoms with Crippen LogP contribution in [0.4, 0.5) is 0 Å². The van der Waals surface area contributed by atoms with Crippen molar-refractivity contribution in [3.63, 3.8) is 0 Å². The van der Waals surface area contributed by atoms with E-state index in [0.29, 0.717) is 5.92 Å². The second-order valence-corrected chi connectivity index (χ2v) is 8.34. The van der Waals surface area contributed by atoms with Gasteiger partial charge < -0.3 is 4.74 Å². The largest absolute Gasteiger partial charge is 0.495 e. The van der Waals surface area contributed by atoms with E-state index >= 15 is 0 Å². The molecule has 0 aromatic heterocycles. The number of rotatable bonds is 6. The van der Waals surface area contributed by atoms with Crippen LogP contribution in [0.25, 0.3) is 5.57 Å². The predicted octanol–water partition coefficient (Wildman–Crippen LogP) is 6.30.